The zero-order chi connectivity index (χ0) is 12.0. The monoisotopic (exact) mass is 257 g/mol. The van der Waals surface area contributed by atoms with Crippen molar-refractivity contribution in [3.05, 3.63) is 28.0 Å². The van der Waals surface area contributed by atoms with Gasteiger partial charge in [0.1, 0.15) is 5.15 Å². The lowest BCUT2D eigenvalue weighted by Gasteiger charge is -2.05. The quantitative estimate of drug-likeness (QED) is 0.666. The maximum Gasteiger partial charge on any atom is 0.252 e. The molecule has 84 valence electrons. The van der Waals surface area contributed by atoms with Gasteiger partial charge in [-0.05, 0) is 12.5 Å². The molecule has 0 aromatic carbocycles. The van der Waals surface area contributed by atoms with Gasteiger partial charge in [0.05, 0.1) is 16.7 Å². The number of halogens is 2. The molecule has 0 unspecified atom stereocenters. The van der Waals surface area contributed by atoms with E-state index in [4.69, 9.17) is 28.5 Å². The van der Waals surface area contributed by atoms with Crippen molar-refractivity contribution < 1.29 is 4.79 Å². The standard InChI is InChI=1S/C10H9Cl2N3O/c11-8-6-15-9(12)5-7(8)10(16)14-4-2-1-3-13/h5-6H,1-2,4H2,(H,14,16). The number of pyridine rings is 1. The number of rotatable bonds is 4. The van der Waals surface area contributed by atoms with Crippen molar-refractivity contribution in [1.29, 1.82) is 5.26 Å². The van der Waals surface area contributed by atoms with Gasteiger partial charge >= 0.3 is 0 Å². The number of hydrogen-bond donors (Lipinski definition) is 1. The van der Waals surface area contributed by atoms with E-state index < -0.39 is 0 Å². The van der Waals surface area contributed by atoms with Crippen LogP contribution in [0.3, 0.4) is 0 Å². The number of hydrogen-bond acceptors (Lipinski definition) is 3. The van der Waals surface area contributed by atoms with Crippen LogP contribution in [0.5, 0.6) is 0 Å². The van der Waals surface area contributed by atoms with Crippen LogP contribution in [-0.2, 0) is 0 Å². The lowest BCUT2D eigenvalue weighted by atomic mass is 10.2. The van der Waals surface area contributed by atoms with Crippen LogP contribution >= 0.6 is 23.2 Å². The highest BCUT2D eigenvalue weighted by Gasteiger charge is 2.10. The van der Waals surface area contributed by atoms with Crippen molar-refractivity contribution in [1.82, 2.24) is 10.3 Å². The first-order valence-electron chi connectivity index (χ1n) is 4.61. The summed E-state index contributed by atoms with van der Waals surface area (Å²) >= 11 is 11.4. The summed E-state index contributed by atoms with van der Waals surface area (Å²) in [7, 11) is 0. The first-order chi connectivity index (χ1) is 7.65. The summed E-state index contributed by atoms with van der Waals surface area (Å²) in [4.78, 5) is 15.4. The number of amides is 1. The smallest absolute Gasteiger partial charge is 0.252 e. The van der Waals surface area contributed by atoms with Gasteiger partial charge in [-0.25, -0.2) is 4.98 Å². The molecule has 1 N–H and O–H groups in total. The molecule has 0 atom stereocenters. The molecular weight excluding hydrogens is 249 g/mol. The largest absolute Gasteiger partial charge is 0.352 e. The molecule has 0 aliphatic heterocycles. The third-order valence-electron chi connectivity index (χ3n) is 1.82. The number of nitrogens with zero attached hydrogens (tertiary/aromatic N) is 2. The predicted octanol–water partition coefficient (Wildman–Crippen LogP) is 2.42. The summed E-state index contributed by atoms with van der Waals surface area (Å²) in [5.41, 5.74) is 0.290. The molecule has 1 amide bonds. The summed E-state index contributed by atoms with van der Waals surface area (Å²) < 4.78 is 0. The number of nitrogens with one attached hydrogen (secondary N) is 1. The van der Waals surface area contributed by atoms with Gasteiger partial charge in [0.15, 0.2) is 0 Å². The molecule has 16 heavy (non-hydrogen) atoms. The molecule has 0 saturated heterocycles. The minimum absolute atomic E-state index is 0.214. The van der Waals surface area contributed by atoms with Crippen LogP contribution in [0.2, 0.25) is 10.2 Å². The van der Waals surface area contributed by atoms with E-state index in [0.717, 1.165) is 0 Å². The summed E-state index contributed by atoms with van der Waals surface area (Å²) in [5.74, 6) is -0.313. The molecule has 0 fully saturated rings. The van der Waals surface area contributed by atoms with E-state index in [-0.39, 0.29) is 16.1 Å². The Balaban J connectivity index is 2.59. The van der Waals surface area contributed by atoms with E-state index in [1.165, 1.54) is 12.3 Å². The first kappa shape index (κ1) is 12.8. The lowest BCUT2D eigenvalue weighted by molar-refractivity contribution is 0.0953. The molecular formula is C10H9Cl2N3O. The Bertz CT molecular complexity index is 429. The highest BCUT2D eigenvalue weighted by Crippen LogP contribution is 2.17. The number of carbonyl (C=O) groups is 1. The molecule has 1 rings (SSSR count). The fourth-order valence-corrected chi connectivity index (χ4v) is 1.40. The highest BCUT2D eigenvalue weighted by atomic mass is 35.5. The normalized spacial score (nSPS) is 9.56. The average Bonchev–Trinajstić information content (AvgIpc) is 2.27. The summed E-state index contributed by atoms with van der Waals surface area (Å²) in [5, 5.41) is 11.4. The molecule has 0 bridgehead atoms. The van der Waals surface area contributed by atoms with Crippen molar-refractivity contribution >= 4 is 29.1 Å². The van der Waals surface area contributed by atoms with Gasteiger partial charge in [-0.2, -0.15) is 5.26 Å². The first-order valence-corrected chi connectivity index (χ1v) is 5.37. The van der Waals surface area contributed by atoms with Crippen LogP contribution < -0.4 is 5.32 Å². The summed E-state index contributed by atoms with van der Waals surface area (Å²) in [6, 6.07) is 3.40. The van der Waals surface area contributed by atoms with E-state index in [2.05, 4.69) is 10.3 Å². The maximum absolute atomic E-state index is 11.6. The second-order valence-corrected chi connectivity index (χ2v) is 3.80. The SMILES string of the molecule is N#CCCCNC(=O)c1cc(Cl)ncc1Cl. The summed E-state index contributed by atoms with van der Waals surface area (Å²) in [6.07, 6.45) is 2.35. The molecule has 1 heterocycles. The Morgan fingerprint density at radius 2 is 2.31 bits per heavy atom. The second-order valence-electron chi connectivity index (χ2n) is 3.00. The third kappa shape index (κ3) is 3.69. The minimum Gasteiger partial charge on any atom is -0.352 e. The number of nitriles is 1. The zero-order valence-corrected chi connectivity index (χ0v) is 9.85. The maximum atomic E-state index is 11.6. The van der Waals surface area contributed by atoms with Gasteiger partial charge in [0, 0.05) is 19.2 Å². The van der Waals surface area contributed by atoms with Crippen molar-refractivity contribution in [2.75, 3.05) is 6.54 Å². The highest BCUT2D eigenvalue weighted by molar-refractivity contribution is 6.35. The van der Waals surface area contributed by atoms with Gasteiger partial charge in [-0.1, -0.05) is 23.2 Å². The van der Waals surface area contributed by atoms with Crippen LogP contribution in [0.1, 0.15) is 23.2 Å². The van der Waals surface area contributed by atoms with E-state index >= 15 is 0 Å². The van der Waals surface area contributed by atoms with Crippen molar-refractivity contribution in [2.45, 2.75) is 12.8 Å². The topological polar surface area (TPSA) is 65.8 Å². The molecule has 0 saturated carbocycles. The van der Waals surface area contributed by atoms with Crippen molar-refractivity contribution in [2.24, 2.45) is 0 Å². The Labute approximate surface area is 103 Å². The molecule has 0 aliphatic carbocycles. The molecule has 0 radical (unpaired) electrons. The fraction of sp³-hybridized carbons (Fsp3) is 0.300. The molecule has 1 aromatic rings. The van der Waals surface area contributed by atoms with Gasteiger partial charge in [0.25, 0.3) is 5.91 Å². The van der Waals surface area contributed by atoms with Crippen LogP contribution in [0.25, 0.3) is 0 Å². The predicted molar refractivity (Wildman–Crippen MR) is 61.4 cm³/mol. The van der Waals surface area contributed by atoms with E-state index in [1.807, 2.05) is 6.07 Å². The van der Waals surface area contributed by atoms with Gasteiger partial charge in [0.2, 0.25) is 0 Å². The molecule has 0 aliphatic rings. The second kappa shape index (κ2) is 6.31. The van der Waals surface area contributed by atoms with Crippen molar-refractivity contribution in [3.63, 3.8) is 0 Å². The third-order valence-corrected chi connectivity index (χ3v) is 2.33. The minimum atomic E-state index is -0.313. The van der Waals surface area contributed by atoms with Gasteiger partial charge in [-0.15, -0.1) is 0 Å². The fourth-order valence-electron chi connectivity index (χ4n) is 1.05. The van der Waals surface area contributed by atoms with Crippen LogP contribution in [-0.4, -0.2) is 17.4 Å². The zero-order valence-electron chi connectivity index (χ0n) is 8.33. The molecule has 4 nitrogen and oxygen atoms in total. The summed E-state index contributed by atoms with van der Waals surface area (Å²) in [6.45, 7) is 0.433. The Morgan fingerprint density at radius 1 is 1.56 bits per heavy atom. The van der Waals surface area contributed by atoms with E-state index in [1.54, 1.807) is 0 Å². The Kier molecular flexibility index (Phi) is 5.03. The Hall–Kier alpha value is -1.31. The van der Waals surface area contributed by atoms with Crippen LogP contribution in [0.15, 0.2) is 12.3 Å². The number of aromatic nitrogens is 1. The molecule has 1 aromatic heterocycles. The Morgan fingerprint density at radius 3 is 3.00 bits per heavy atom. The van der Waals surface area contributed by atoms with Gasteiger partial charge < -0.3 is 5.32 Å². The van der Waals surface area contributed by atoms with Crippen LogP contribution in [0.4, 0.5) is 0 Å². The molecule has 0 spiro atoms. The number of unbranched alkanes of at least 4 members (excludes halogenated alkanes) is 1. The lowest BCUT2D eigenvalue weighted by Crippen LogP contribution is -2.24. The molecule has 6 heteroatoms. The van der Waals surface area contributed by atoms with E-state index in [9.17, 15) is 4.79 Å². The van der Waals surface area contributed by atoms with Crippen LogP contribution in [0, 0.1) is 11.3 Å². The average molecular weight is 258 g/mol. The van der Waals surface area contributed by atoms with E-state index in [0.29, 0.717) is 24.9 Å². The van der Waals surface area contributed by atoms with Gasteiger partial charge in [-0.3, -0.25) is 4.79 Å². The number of carbonyl (C=O) groups excluding carboxylic acids is 1. The van der Waals surface area contributed by atoms with Crippen molar-refractivity contribution in [3.8, 4) is 6.07 Å².